The number of benzene rings is 1. The summed E-state index contributed by atoms with van der Waals surface area (Å²) in [4.78, 5) is 22.3. The maximum absolute atomic E-state index is 11.2. The second kappa shape index (κ2) is 7.73. The van der Waals surface area contributed by atoms with Gasteiger partial charge >= 0.3 is 6.09 Å². The lowest BCUT2D eigenvalue weighted by Gasteiger charge is -2.05. The summed E-state index contributed by atoms with van der Waals surface area (Å²) in [7, 11) is 0. The predicted octanol–water partition coefficient (Wildman–Crippen LogP) is 2.19. The van der Waals surface area contributed by atoms with E-state index in [1.807, 2.05) is 37.3 Å². The highest BCUT2D eigenvalue weighted by molar-refractivity contribution is 8.13. The molecule has 0 heterocycles. The van der Waals surface area contributed by atoms with E-state index in [1.54, 1.807) is 0 Å². The van der Waals surface area contributed by atoms with Gasteiger partial charge in [-0.3, -0.25) is 4.79 Å². The molecule has 0 saturated carbocycles. The summed E-state index contributed by atoms with van der Waals surface area (Å²) in [6.07, 6.45) is -0.570. The normalized spacial score (nSPS) is 9.71. The lowest BCUT2D eigenvalue weighted by Crippen LogP contribution is -2.28. The van der Waals surface area contributed by atoms with Crippen molar-refractivity contribution in [2.45, 2.75) is 13.5 Å². The molecule has 0 saturated heterocycles. The summed E-state index contributed by atoms with van der Waals surface area (Å²) >= 11 is 1.18. The summed E-state index contributed by atoms with van der Waals surface area (Å²) < 4.78 is 4.95. The van der Waals surface area contributed by atoms with Gasteiger partial charge in [0, 0.05) is 0 Å². The summed E-state index contributed by atoms with van der Waals surface area (Å²) in [5, 5.41) is 2.34. The number of nitrogens with one attached hydrogen (secondary N) is 1. The summed E-state index contributed by atoms with van der Waals surface area (Å²) in [6.45, 7) is 2.10. The molecule has 0 atom stereocenters. The first kappa shape index (κ1) is 13.6. The van der Waals surface area contributed by atoms with Gasteiger partial charge in [0.25, 0.3) is 0 Å². The fourth-order valence-electron chi connectivity index (χ4n) is 1.13. The number of amides is 1. The third-order valence-corrected chi connectivity index (χ3v) is 2.65. The zero-order valence-electron chi connectivity index (χ0n) is 9.64. The van der Waals surface area contributed by atoms with Crippen LogP contribution in [0.4, 0.5) is 4.79 Å². The first-order valence-electron chi connectivity index (χ1n) is 5.32. The number of hydrogen-bond donors (Lipinski definition) is 1. The molecule has 0 radical (unpaired) electrons. The number of thioether (sulfide) groups is 1. The molecule has 5 heteroatoms. The third-order valence-electron chi connectivity index (χ3n) is 1.90. The lowest BCUT2D eigenvalue weighted by atomic mass is 10.2. The number of carbonyl (C=O) groups excluding carboxylic acids is 2. The molecule has 1 rings (SSSR count). The molecule has 0 spiro atoms. The van der Waals surface area contributed by atoms with Crippen LogP contribution in [0.3, 0.4) is 0 Å². The molecular formula is C12H15NO3S. The largest absolute Gasteiger partial charge is 0.445 e. The van der Waals surface area contributed by atoms with Gasteiger partial charge in [-0.15, -0.1) is 0 Å². The van der Waals surface area contributed by atoms with E-state index in [-0.39, 0.29) is 18.3 Å². The Morgan fingerprint density at radius 1 is 1.29 bits per heavy atom. The topological polar surface area (TPSA) is 55.4 Å². The van der Waals surface area contributed by atoms with Crippen molar-refractivity contribution in [2.75, 3.05) is 12.3 Å². The second-order valence-electron chi connectivity index (χ2n) is 3.22. The van der Waals surface area contributed by atoms with E-state index >= 15 is 0 Å². The van der Waals surface area contributed by atoms with Crippen molar-refractivity contribution in [3.05, 3.63) is 35.9 Å². The van der Waals surface area contributed by atoms with Crippen molar-refractivity contribution in [3.63, 3.8) is 0 Å². The van der Waals surface area contributed by atoms with Crippen LogP contribution in [0.25, 0.3) is 0 Å². The van der Waals surface area contributed by atoms with Crippen LogP contribution < -0.4 is 5.32 Å². The van der Waals surface area contributed by atoms with Crippen LogP contribution in [0.2, 0.25) is 0 Å². The standard InChI is InChI=1S/C12H15NO3S/c1-2-17-11(14)8-13-12(15)16-9-10-6-4-3-5-7-10/h3-7H,2,8-9H2,1H3,(H,13,15). The minimum absolute atomic E-state index is 0.00608. The van der Waals surface area contributed by atoms with Crippen molar-refractivity contribution in [2.24, 2.45) is 0 Å². The number of rotatable bonds is 5. The maximum Gasteiger partial charge on any atom is 0.407 e. The highest BCUT2D eigenvalue weighted by Gasteiger charge is 2.05. The molecular weight excluding hydrogens is 238 g/mol. The van der Waals surface area contributed by atoms with Crippen LogP contribution in [0.5, 0.6) is 0 Å². The second-order valence-corrected chi connectivity index (χ2v) is 4.54. The van der Waals surface area contributed by atoms with E-state index in [9.17, 15) is 9.59 Å². The van der Waals surface area contributed by atoms with Crippen LogP contribution in [0, 0.1) is 0 Å². The molecule has 0 unspecified atom stereocenters. The predicted molar refractivity (Wildman–Crippen MR) is 67.8 cm³/mol. The molecule has 1 aromatic rings. The van der Waals surface area contributed by atoms with Crippen molar-refractivity contribution < 1.29 is 14.3 Å². The van der Waals surface area contributed by atoms with Gasteiger partial charge in [0.2, 0.25) is 5.12 Å². The van der Waals surface area contributed by atoms with E-state index in [0.29, 0.717) is 5.75 Å². The molecule has 1 aromatic carbocycles. The van der Waals surface area contributed by atoms with Crippen LogP contribution in [-0.2, 0) is 16.1 Å². The zero-order chi connectivity index (χ0) is 12.5. The van der Waals surface area contributed by atoms with Gasteiger partial charge in [-0.05, 0) is 11.3 Å². The van der Waals surface area contributed by atoms with Crippen LogP contribution in [-0.4, -0.2) is 23.5 Å². The van der Waals surface area contributed by atoms with Gasteiger partial charge in [-0.25, -0.2) is 4.79 Å². The van der Waals surface area contributed by atoms with E-state index in [0.717, 1.165) is 5.56 Å². The first-order chi connectivity index (χ1) is 8.22. The molecule has 0 bridgehead atoms. The molecule has 0 aromatic heterocycles. The quantitative estimate of drug-likeness (QED) is 0.874. The number of carbonyl (C=O) groups is 2. The summed E-state index contributed by atoms with van der Waals surface area (Å²) in [5.41, 5.74) is 0.914. The average Bonchev–Trinajstić information content (AvgIpc) is 2.35. The third kappa shape index (κ3) is 5.97. The molecule has 1 amide bonds. The Balaban J connectivity index is 2.20. The zero-order valence-corrected chi connectivity index (χ0v) is 10.5. The smallest absolute Gasteiger partial charge is 0.407 e. The molecule has 0 aliphatic rings. The Labute approximate surface area is 105 Å². The Bertz CT molecular complexity index is 367. The lowest BCUT2D eigenvalue weighted by molar-refractivity contribution is -0.110. The molecule has 4 nitrogen and oxygen atoms in total. The minimum atomic E-state index is -0.570. The summed E-state index contributed by atoms with van der Waals surface area (Å²) in [6, 6.07) is 9.37. The first-order valence-corrected chi connectivity index (χ1v) is 6.31. The Morgan fingerprint density at radius 2 is 2.00 bits per heavy atom. The number of alkyl carbamates (subject to hydrolysis) is 1. The van der Waals surface area contributed by atoms with E-state index in [4.69, 9.17) is 4.74 Å². The molecule has 17 heavy (non-hydrogen) atoms. The van der Waals surface area contributed by atoms with Crippen LogP contribution >= 0.6 is 11.8 Å². The Kier molecular flexibility index (Phi) is 6.17. The number of hydrogen-bond acceptors (Lipinski definition) is 4. The van der Waals surface area contributed by atoms with Crippen LogP contribution in [0.1, 0.15) is 12.5 Å². The highest BCUT2D eigenvalue weighted by Crippen LogP contribution is 2.01. The average molecular weight is 253 g/mol. The van der Waals surface area contributed by atoms with Crippen molar-refractivity contribution in [1.82, 2.24) is 5.32 Å². The molecule has 92 valence electrons. The Morgan fingerprint density at radius 3 is 2.65 bits per heavy atom. The maximum atomic E-state index is 11.2. The SMILES string of the molecule is CCSC(=O)CNC(=O)OCc1ccccc1. The van der Waals surface area contributed by atoms with Gasteiger partial charge in [0.05, 0.1) is 6.54 Å². The van der Waals surface area contributed by atoms with Gasteiger partial charge < -0.3 is 10.1 Å². The van der Waals surface area contributed by atoms with Crippen molar-refractivity contribution >= 4 is 23.0 Å². The fraction of sp³-hybridized carbons (Fsp3) is 0.333. The van der Waals surface area contributed by atoms with Gasteiger partial charge in [0.1, 0.15) is 6.61 Å². The van der Waals surface area contributed by atoms with Crippen LogP contribution in [0.15, 0.2) is 30.3 Å². The summed E-state index contributed by atoms with van der Waals surface area (Å²) in [5.74, 6) is 0.708. The van der Waals surface area contributed by atoms with Gasteiger partial charge in [0.15, 0.2) is 0 Å². The molecule has 1 N–H and O–H groups in total. The fourth-order valence-corrected chi connectivity index (χ4v) is 1.63. The highest BCUT2D eigenvalue weighted by atomic mass is 32.2. The van der Waals surface area contributed by atoms with E-state index < -0.39 is 6.09 Å². The van der Waals surface area contributed by atoms with Crippen molar-refractivity contribution in [3.8, 4) is 0 Å². The monoisotopic (exact) mass is 253 g/mol. The number of ether oxygens (including phenoxy) is 1. The van der Waals surface area contributed by atoms with Gasteiger partial charge in [-0.2, -0.15) is 0 Å². The Hall–Kier alpha value is -1.49. The van der Waals surface area contributed by atoms with E-state index in [2.05, 4.69) is 5.32 Å². The van der Waals surface area contributed by atoms with E-state index in [1.165, 1.54) is 11.8 Å². The molecule has 0 fully saturated rings. The van der Waals surface area contributed by atoms with Gasteiger partial charge in [-0.1, -0.05) is 49.0 Å². The van der Waals surface area contributed by atoms with Crippen molar-refractivity contribution in [1.29, 1.82) is 0 Å². The molecule has 0 aliphatic heterocycles. The molecule has 0 aliphatic carbocycles. The minimum Gasteiger partial charge on any atom is -0.445 e.